The number of halogens is 1. The van der Waals surface area contributed by atoms with E-state index in [0.29, 0.717) is 0 Å². The van der Waals surface area contributed by atoms with Crippen molar-refractivity contribution in [2.45, 2.75) is 14.4 Å². The summed E-state index contributed by atoms with van der Waals surface area (Å²) in [5, 5.41) is 2.93. The van der Waals surface area contributed by atoms with Crippen LogP contribution in [-0.4, -0.2) is 13.6 Å². The Bertz CT molecular complexity index is 9.51. The van der Waals surface area contributed by atoms with Gasteiger partial charge in [0, 0.05) is 0 Å². The van der Waals surface area contributed by atoms with E-state index in [9.17, 15) is 0 Å². The lowest BCUT2D eigenvalue weighted by Gasteiger charge is -1.76. The van der Waals surface area contributed by atoms with E-state index in [4.69, 9.17) is 0 Å². The van der Waals surface area contributed by atoms with E-state index in [1.54, 1.807) is 0 Å². The molecule has 0 fully saturated rings. The molecule has 6 heavy (non-hydrogen) atoms. The van der Waals surface area contributed by atoms with E-state index in [0.717, 1.165) is 6.54 Å². The summed E-state index contributed by atoms with van der Waals surface area (Å²) in [6.07, 6.45) is 0. The van der Waals surface area contributed by atoms with Gasteiger partial charge in [0.15, 0.2) is 0 Å². The molecule has 1 nitrogen and oxygen atoms in total. The van der Waals surface area contributed by atoms with Gasteiger partial charge in [-0.1, -0.05) is 14.4 Å². The Balaban J connectivity index is -0.0000000450. The average Bonchev–Trinajstić information content (AvgIpc) is 1.37. The molecule has 0 saturated carbocycles. The fraction of sp³-hybridized carbons (Fsp3) is 1.00. The zero-order valence-corrected chi connectivity index (χ0v) is 4.43. The molecule has 1 N–H and O–H groups in total. The Morgan fingerprint density at radius 2 is 1.67 bits per heavy atom. The van der Waals surface area contributed by atoms with E-state index < -0.39 is 0 Å². The summed E-state index contributed by atoms with van der Waals surface area (Å²) in [6, 6.07) is 0. The quantitative estimate of drug-likeness (QED) is 0.538. The van der Waals surface area contributed by atoms with Gasteiger partial charge in [-0.25, -0.2) is 0 Å². The molecule has 0 saturated heterocycles. The Morgan fingerprint density at radius 3 is 1.67 bits per heavy atom. The number of hydrogen-bond acceptors (Lipinski definition) is 1. The van der Waals surface area contributed by atoms with Crippen LogP contribution in [0, 0.1) is 0 Å². The molecule has 0 spiro atoms. The van der Waals surface area contributed by atoms with Crippen molar-refractivity contribution in [3.63, 3.8) is 0 Å². The first-order valence-corrected chi connectivity index (χ1v) is 1.56. The third-order valence-electron chi connectivity index (χ3n) is 0.354. The zero-order valence-electron chi connectivity index (χ0n) is 3.62. The standard InChI is InChI=1S/C3H9N.CH4.ClH/c1-3-4-2;;/h4H,3H2,1-2H3;1H4;1H. The third kappa shape index (κ3) is 28.7. The lowest BCUT2D eigenvalue weighted by atomic mass is 10.8. The molecule has 0 amide bonds. The second-order valence-electron chi connectivity index (χ2n) is 0.707. The minimum atomic E-state index is 0. The summed E-state index contributed by atoms with van der Waals surface area (Å²) in [5.74, 6) is 0. The molecule has 42 valence electrons. The summed E-state index contributed by atoms with van der Waals surface area (Å²) in [6.45, 7) is 3.14. The fourth-order valence-electron chi connectivity index (χ4n) is 0. The van der Waals surface area contributed by atoms with Crippen molar-refractivity contribution in [2.24, 2.45) is 0 Å². The van der Waals surface area contributed by atoms with Crippen LogP contribution in [0.1, 0.15) is 14.4 Å². The van der Waals surface area contributed by atoms with Crippen molar-refractivity contribution in [3.05, 3.63) is 0 Å². The van der Waals surface area contributed by atoms with Gasteiger partial charge in [-0.05, 0) is 13.6 Å². The Hall–Kier alpha value is 0.250. The second kappa shape index (κ2) is 18.7. The summed E-state index contributed by atoms with van der Waals surface area (Å²) in [7, 11) is 1.93. The fourth-order valence-corrected chi connectivity index (χ4v) is 0. The first-order valence-electron chi connectivity index (χ1n) is 1.56. The Morgan fingerprint density at radius 1 is 1.50 bits per heavy atom. The summed E-state index contributed by atoms with van der Waals surface area (Å²) >= 11 is 0. The Kier molecular flexibility index (Phi) is 50.9. The predicted molar refractivity (Wildman–Crippen MR) is 33.6 cm³/mol. The van der Waals surface area contributed by atoms with Crippen LogP contribution in [0.3, 0.4) is 0 Å². The molecule has 0 bridgehead atoms. The topological polar surface area (TPSA) is 12.0 Å². The molecule has 0 aromatic carbocycles. The molecular weight excluding hydrogens is 97.5 g/mol. The molecule has 0 rings (SSSR count). The van der Waals surface area contributed by atoms with Gasteiger partial charge in [0.2, 0.25) is 0 Å². The largest absolute Gasteiger partial charge is 0.320 e. The summed E-state index contributed by atoms with van der Waals surface area (Å²) in [4.78, 5) is 0. The van der Waals surface area contributed by atoms with E-state index in [1.165, 1.54) is 0 Å². The second-order valence-corrected chi connectivity index (χ2v) is 0.707. The summed E-state index contributed by atoms with van der Waals surface area (Å²) in [5.41, 5.74) is 0. The first kappa shape index (κ1) is 16.3. The van der Waals surface area contributed by atoms with Crippen molar-refractivity contribution < 1.29 is 0 Å². The first-order chi connectivity index (χ1) is 1.91. The molecule has 0 aliphatic carbocycles. The molecule has 0 unspecified atom stereocenters. The van der Waals surface area contributed by atoms with E-state index >= 15 is 0 Å². The van der Waals surface area contributed by atoms with Crippen LogP contribution >= 0.6 is 12.4 Å². The van der Waals surface area contributed by atoms with E-state index in [-0.39, 0.29) is 19.8 Å². The van der Waals surface area contributed by atoms with Crippen molar-refractivity contribution in [2.75, 3.05) is 13.6 Å². The minimum Gasteiger partial charge on any atom is -0.320 e. The maximum absolute atomic E-state index is 2.93. The number of rotatable bonds is 1. The lowest BCUT2D eigenvalue weighted by Crippen LogP contribution is -2.01. The highest BCUT2D eigenvalue weighted by Gasteiger charge is 1.50. The van der Waals surface area contributed by atoms with Crippen LogP contribution in [0.2, 0.25) is 0 Å². The van der Waals surface area contributed by atoms with Crippen molar-refractivity contribution >= 4 is 12.4 Å². The normalized spacial score (nSPS) is 5.00. The molecule has 0 aromatic heterocycles. The number of hydrogen-bond donors (Lipinski definition) is 1. The van der Waals surface area contributed by atoms with Gasteiger partial charge in [0.25, 0.3) is 0 Å². The van der Waals surface area contributed by atoms with Gasteiger partial charge in [-0.3, -0.25) is 0 Å². The molecule has 0 aliphatic rings. The highest BCUT2D eigenvalue weighted by molar-refractivity contribution is 5.85. The van der Waals surface area contributed by atoms with Crippen LogP contribution in [0.25, 0.3) is 0 Å². The molecule has 0 aromatic rings. The van der Waals surface area contributed by atoms with Gasteiger partial charge >= 0.3 is 0 Å². The smallest absolute Gasteiger partial charge is 0.00804 e. The van der Waals surface area contributed by atoms with Crippen LogP contribution in [0.5, 0.6) is 0 Å². The van der Waals surface area contributed by atoms with Crippen molar-refractivity contribution in [1.29, 1.82) is 0 Å². The third-order valence-corrected chi connectivity index (χ3v) is 0.354. The molecule has 0 radical (unpaired) electrons. The van der Waals surface area contributed by atoms with Crippen LogP contribution in [0.4, 0.5) is 0 Å². The molecule has 0 atom stereocenters. The van der Waals surface area contributed by atoms with E-state index in [1.807, 2.05) is 7.05 Å². The van der Waals surface area contributed by atoms with Gasteiger partial charge in [-0.2, -0.15) is 0 Å². The van der Waals surface area contributed by atoms with Gasteiger partial charge in [0.05, 0.1) is 0 Å². The summed E-state index contributed by atoms with van der Waals surface area (Å²) < 4.78 is 0. The van der Waals surface area contributed by atoms with Crippen molar-refractivity contribution in [1.82, 2.24) is 5.32 Å². The van der Waals surface area contributed by atoms with E-state index in [2.05, 4.69) is 12.2 Å². The molecular formula is C4H14ClN. The zero-order chi connectivity index (χ0) is 3.41. The lowest BCUT2D eigenvalue weighted by molar-refractivity contribution is 0.864. The minimum absolute atomic E-state index is 0. The Labute approximate surface area is 46.5 Å². The van der Waals surface area contributed by atoms with Crippen LogP contribution in [-0.2, 0) is 0 Å². The monoisotopic (exact) mass is 111 g/mol. The maximum Gasteiger partial charge on any atom is -0.00804 e. The predicted octanol–water partition coefficient (Wildman–Crippen LogP) is 1.28. The van der Waals surface area contributed by atoms with Crippen LogP contribution < -0.4 is 5.32 Å². The molecule has 0 heterocycles. The average molecular weight is 112 g/mol. The SMILES string of the molecule is C.CCNC.Cl. The molecule has 0 aliphatic heterocycles. The number of nitrogens with one attached hydrogen (secondary N) is 1. The van der Waals surface area contributed by atoms with Gasteiger partial charge < -0.3 is 5.32 Å². The van der Waals surface area contributed by atoms with Gasteiger partial charge in [0.1, 0.15) is 0 Å². The molecule has 2 heteroatoms. The maximum atomic E-state index is 2.93. The van der Waals surface area contributed by atoms with Crippen LogP contribution in [0.15, 0.2) is 0 Å². The van der Waals surface area contributed by atoms with Gasteiger partial charge in [-0.15, -0.1) is 12.4 Å². The van der Waals surface area contributed by atoms with Crippen molar-refractivity contribution in [3.8, 4) is 0 Å². The highest BCUT2D eigenvalue weighted by atomic mass is 35.5. The highest BCUT2D eigenvalue weighted by Crippen LogP contribution is 1.34.